The van der Waals surface area contributed by atoms with E-state index in [-0.39, 0.29) is 16.5 Å². The maximum atomic E-state index is 10.9. The van der Waals surface area contributed by atoms with Crippen LogP contribution < -0.4 is 0 Å². The summed E-state index contributed by atoms with van der Waals surface area (Å²) in [5, 5.41) is 17.8. The number of hydrogen-bond donors (Lipinski definition) is 2. The highest BCUT2D eigenvalue weighted by Gasteiger charge is 2.11. The Hall–Kier alpha value is -2.28. The van der Waals surface area contributed by atoms with Crippen LogP contribution in [0.25, 0.3) is 0 Å². The molecule has 0 fully saturated rings. The summed E-state index contributed by atoms with van der Waals surface area (Å²) in [6.07, 6.45) is 0. The minimum Gasteiger partial charge on any atom is -0.478 e. The van der Waals surface area contributed by atoms with E-state index in [1.54, 1.807) is 0 Å². The highest BCUT2D eigenvalue weighted by atomic mass is 16.4. The Morgan fingerprint density at radius 2 is 1.44 bits per heavy atom. The molecule has 4 heteroatoms. The van der Waals surface area contributed by atoms with Crippen LogP contribution in [0.5, 0.6) is 0 Å². The Bertz CT molecular complexity index is 521. The molecule has 0 saturated carbocycles. The number of aromatic carboxylic acids is 2. The van der Waals surface area contributed by atoms with Crippen LogP contribution in [0.15, 0.2) is 18.2 Å². The quantitative estimate of drug-likeness (QED) is 0.786. The van der Waals surface area contributed by atoms with E-state index in [0.717, 1.165) is 6.07 Å². The molecule has 0 bridgehead atoms. The van der Waals surface area contributed by atoms with Crippen LogP contribution in [0.1, 0.15) is 47.1 Å². The lowest BCUT2D eigenvalue weighted by Gasteiger charge is -2.07. The predicted octanol–water partition coefficient (Wildman–Crippen LogP) is 2.48. The fourth-order valence-electron chi connectivity index (χ4n) is 1.21. The van der Waals surface area contributed by atoms with Gasteiger partial charge in [-0.15, -0.1) is 0 Å². The van der Waals surface area contributed by atoms with Crippen molar-refractivity contribution >= 4 is 11.9 Å². The lowest BCUT2D eigenvalue weighted by molar-refractivity contribution is 0.0696. The summed E-state index contributed by atoms with van der Waals surface area (Å²) in [5.74, 6) is 3.39. The first kappa shape index (κ1) is 13.8. The molecule has 4 nitrogen and oxygen atoms in total. The maximum Gasteiger partial charge on any atom is 0.335 e. The average molecular weight is 246 g/mol. The highest BCUT2D eigenvalue weighted by molar-refractivity contribution is 5.94. The van der Waals surface area contributed by atoms with Crippen LogP contribution >= 0.6 is 0 Å². The maximum absolute atomic E-state index is 10.9. The van der Waals surface area contributed by atoms with Crippen LogP contribution in [0.3, 0.4) is 0 Å². The monoisotopic (exact) mass is 246 g/mol. The fourth-order valence-corrected chi connectivity index (χ4v) is 1.21. The Morgan fingerprint density at radius 1 is 1.00 bits per heavy atom. The van der Waals surface area contributed by atoms with Gasteiger partial charge in [0, 0.05) is 11.0 Å². The molecule has 0 atom stereocenters. The van der Waals surface area contributed by atoms with Crippen molar-refractivity contribution in [2.45, 2.75) is 20.8 Å². The van der Waals surface area contributed by atoms with E-state index in [1.165, 1.54) is 12.1 Å². The van der Waals surface area contributed by atoms with Gasteiger partial charge in [0.05, 0.1) is 11.1 Å². The first-order valence-electron chi connectivity index (χ1n) is 5.34. The van der Waals surface area contributed by atoms with Gasteiger partial charge in [-0.25, -0.2) is 9.59 Å². The van der Waals surface area contributed by atoms with Crippen molar-refractivity contribution in [3.05, 3.63) is 34.9 Å². The molecule has 0 spiro atoms. The number of rotatable bonds is 2. The van der Waals surface area contributed by atoms with E-state index < -0.39 is 11.9 Å². The molecule has 18 heavy (non-hydrogen) atoms. The number of carbonyl (C=O) groups is 2. The summed E-state index contributed by atoms with van der Waals surface area (Å²) >= 11 is 0. The summed E-state index contributed by atoms with van der Waals surface area (Å²) < 4.78 is 0. The van der Waals surface area contributed by atoms with Gasteiger partial charge in [0.25, 0.3) is 0 Å². The van der Waals surface area contributed by atoms with Gasteiger partial charge >= 0.3 is 11.9 Å². The van der Waals surface area contributed by atoms with Crippen LogP contribution in [-0.2, 0) is 0 Å². The smallest absolute Gasteiger partial charge is 0.335 e. The van der Waals surface area contributed by atoms with E-state index in [4.69, 9.17) is 10.2 Å². The summed E-state index contributed by atoms with van der Waals surface area (Å²) in [5.41, 5.74) is 0.00578. The predicted molar refractivity (Wildman–Crippen MR) is 66.7 cm³/mol. The lowest BCUT2D eigenvalue weighted by Crippen LogP contribution is -2.04. The largest absolute Gasteiger partial charge is 0.478 e. The number of carboxylic acid groups (broad SMARTS) is 2. The van der Waals surface area contributed by atoms with Crippen molar-refractivity contribution < 1.29 is 19.8 Å². The zero-order valence-electron chi connectivity index (χ0n) is 10.4. The molecule has 0 aliphatic carbocycles. The van der Waals surface area contributed by atoms with Crippen molar-refractivity contribution in [2.75, 3.05) is 0 Å². The average Bonchev–Trinajstić information content (AvgIpc) is 2.25. The van der Waals surface area contributed by atoms with Gasteiger partial charge in [-0.1, -0.05) is 11.8 Å². The number of carboxylic acids is 2. The molecule has 0 heterocycles. The van der Waals surface area contributed by atoms with Gasteiger partial charge < -0.3 is 10.2 Å². The molecule has 0 saturated heterocycles. The van der Waals surface area contributed by atoms with Crippen molar-refractivity contribution in [3.8, 4) is 11.8 Å². The summed E-state index contributed by atoms with van der Waals surface area (Å²) in [7, 11) is 0. The molecule has 0 aliphatic heterocycles. The molecule has 2 N–H and O–H groups in total. The number of hydrogen-bond acceptors (Lipinski definition) is 2. The highest BCUT2D eigenvalue weighted by Crippen LogP contribution is 2.13. The minimum absolute atomic E-state index is 0.0758. The summed E-state index contributed by atoms with van der Waals surface area (Å²) in [6, 6.07) is 3.86. The van der Waals surface area contributed by atoms with Crippen LogP contribution in [0.4, 0.5) is 0 Å². The van der Waals surface area contributed by atoms with Gasteiger partial charge in [0.2, 0.25) is 0 Å². The molecule has 0 aliphatic rings. The molecule has 94 valence electrons. The minimum atomic E-state index is -1.17. The molecule has 1 rings (SSSR count). The van der Waals surface area contributed by atoms with E-state index in [1.807, 2.05) is 20.8 Å². The van der Waals surface area contributed by atoms with Crippen LogP contribution in [-0.4, -0.2) is 22.2 Å². The van der Waals surface area contributed by atoms with E-state index in [9.17, 15) is 9.59 Å². The third kappa shape index (κ3) is 3.95. The zero-order chi connectivity index (χ0) is 13.9. The second-order valence-electron chi connectivity index (χ2n) is 4.91. The molecular formula is C14H14O4. The van der Waals surface area contributed by atoms with E-state index in [0.29, 0.717) is 5.56 Å². The van der Waals surface area contributed by atoms with Gasteiger partial charge in [-0.05, 0) is 39.0 Å². The molecule has 0 amide bonds. The molecule has 0 aromatic heterocycles. The van der Waals surface area contributed by atoms with Gasteiger partial charge in [-0.2, -0.15) is 0 Å². The van der Waals surface area contributed by atoms with Gasteiger partial charge in [0.1, 0.15) is 0 Å². The second-order valence-corrected chi connectivity index (χ2v) is 4.91. The standard InChI is InChI=1S/C14H14O4/c1-14(2,3)5-4-9-6-10(12(15)16)8-11(7-9)13(17)18/h6-8H,1-3H3,(H,15,16)(H,17,18). The Labute approximate surface area is 105 Å². The third-order valence-electron chi connectivity index (χ3n) is 2.01. The SMILES string of the molecule is CC(C)(C)C#Cc1cc(C(=O)O)cc(C(=O)O)c1. The number of benzene rings is 1. The van der Waals surface area contributed by atoms with E-state index >= 15 is 0 Å². The van der Waals surface area contributed by atoms with Crippen molar-refractivity contribution in [1.82, 2.24) is 0 Å². The molecule has 1 aromatic carbocycles. The fraction of sp³-hybridized carbons (Fsp3) is 0.286. The molecular weight excluding hydrogens is 232 g/mol. The summed E-state index contributed by atoms with van der Waals surface area (Å²) in [4.78, 5) is 21.8. The van der Waals surface area contributed by atoms with Crippen molar-refractivity contribution in [3.63, 3.8) is 0 Å². The first-order chi connectivity index (χ1) is 8.19. The normalized spacial score (nSPS) is 10.4. The zero-order valence-corrected chi connectivity index (χ0v) is 10.4. The Balaban J connectivity index is 3.31. The third-order valence-corrected chi connectivity index (χ3v) is 2.01. The Kier molecular flexibility index (Phi) is 3.77. The molecule has 1 aromatic rings. The van der Waals surface area contributed by atoms with Gasteiger partial charge in [0.15, 0.2) is 0 Å². The first-order valence-corrected chi connectivity index (χ1v) is 5.34. The lowest BCUT2D eigenvalue weighted by atomic mass is 9.97. The van der Waals surface area contributed by atoms with Crippen molar-refractivity contribution in [2.24, 2.45) is 5.41 Å². The van der Waals surface area contributed by atoms with Gasteiger partial charge in [-0.3, -0.25) is 0 Å². The molecule has 0 radical (unpaired) electrons. The molecule has 0 unspecified atom stereocenters. The van der Waals surface area contributed by atoms with Crippen molar-refractivity contribution in [1.29, 1.82) is 0 Å². The Morgan fingerprint density at radius 3 is 1.78 bits per heavy atom. The van der Waals surface area contributed by atoms with Crippen LogP contribution in [0.2, 0.25) is 0 Å². The second kappa shape index (κ2) is 4.92. The van der Waals surface area contributed by atoms with Crippen LogP contribution in [0, 0.1) is 17.3 Å². The van der Waals surface area contributed by atoms with E-state index in [2.05, 4.69) is 11.8 Å². The topological polar surface area (TPSA) is 74.6 Å². The summed E-state index contributed by atoms with van der Waals surface area (Å²) in [6.45, 7) is 5.75.